The molecule has 0 spiro atoms. The number of H-pyrrole nitrogens is 1. The summed E-state index contributed by atoms with van der Waals surface area (Å²) in [6.45, 7) is 4.74. The number of carbonyl (C=O) groups excluding carboxylic acids is 1. The molecule has 1 saturated heterocycles. The number of phenols is 2. The molecule has 1 unspecified atom stereocenters. The standard InChI is InChI=1S/C44H43N3O6/c1-3-32-24-35-30-11-7-10-28(22-30)23-31(12-15-33-26-47(20-19-45-33)44(35)46-32)38-41-39(36(49)25-37(53-41)29-13-16-34(48)17-14-29)40(50)43(51-2)42(38)52-21-18-27-8-5-4-6-9-27/h4-11,13-14,16-17,22,24,31,33,37,45-46,48,50H,3,18-21,23,25-26H2,1-2H3/t31-,33+,37?/m1/s1. The minimum Gasteiger partial charge on any atom is -0.508 e. The van der Waals surface area contributed by atoms with Crippen LogP contribution in [0.3, 0.4) is 0 Å². The highest BCUT2D eigenvalue weighted by molar-refractivity contribution is 6.04. The van der Waals surface area contributed by atoms with Gasteiger partial charge < -0.3 is 39.6 Å². The smallest absolute Gasteiger partial charge is 0.204 e. The predicted molar refractivity (Wildman–Crippen MR) is 205 cm³/mol. The number of aromatic nitrogens is 1. The Bertz CT molecular complexity index is 2200. The lowest BCUT2D eigenvalue weighted by Gasteiger charge is -2.34. The third-order valence-electron chi connectivity index (χ3n) is 10.4. The maximum absolute atomic E-state index is 14.1. The Morgan fingerprint density at radius 2 is 1.79 bits per heavy atom. The zero-order valence-corrected chi connectivity index (χ0v) is 29.9. The predicted octanol–water partition coefficient (Wildman–Crippen LogP) is 7.11. The molecule has 1 aromatic heterocycles. The number of nitrogens with one attached hydrogen (secondary N) is 2. The molecule has 3 aliphatic heterocycles. The summed E-state index contributed by atoms with van der Waals surface area (Å²) in [5.41, 5.74) is 6.96. The van der Waals surface area contributed by atoms with Crippen molar-refractivity contribution >= 4 is 11.6 Å². The SMILES string of the molecule is CCc1cc2c([nH]1)N1CCN[C@@H](C#C[C@@H](c3c(OCCc4ccccc4)c(OC)c(O)c4c3OC(c3ccc(O)cc3)CC4=O)Cc3cccc-2c3)C1. The molecule has 9 heteroatoms. The van der Waals surface area contributed by atoms with Crippen molar-refractivity contribution in [2.45, 2.75) is 50.7 Å². The molecule has 53 heavy (non-hydrogen) atoms. The van der Waals surface area contributed by atoms with Crippen LogP contribution in [0.15, 0.2) is 84.9 Å². The molecule has 5 aromatic rings. The van der Waals surface area contributed by atoms with Gasteiger partial charge in [0, 0.05) is 37.3 Å². The van der Waals surface area contributed by atoms with Crippen molar-refractivity contribution in [1.29, 1.82) is 0 Å². The summed E-state index contributed by atoms with van der Waals surface area (Å²) in [4.78, 5) is 20.1. The van der Waals surface area contributed by atoms with E-state index in [1.54, 1.807) is 24.3 Å². The molecule has 4 N–H and O–H groups in total. The normalized spacial score (nSPS) is 19.0. The summed E-state index contributed by atoms with van der Waals surface area (Å²) in [5.74, 6) is 7.93. The first-order valence-corrected chi connectivity index (χ1v) is 18.3. The van der Waals surface area contributed by atoms with Crippen LogP contribution in [0.1, 0.15) is 63.7 Å². The van der Waals surface area contributed by atoms with Crippen LogP contribution in [0.5, 0.6) is 28.7 Å². The maximum atomic E-state index is 14.1. The molecule has 9 nitrogen and oxygen atoms in total. The average molecular weight is 710 g/mol. The fraction of sp³-hybridized carbons (Fsp3) is 0.295. The van der Waals surface area contributed by atoms with Crippen molar-refractivity contribution in [2.75, 3.05) is 38.3 Å². The topological polar surface area (TPSA) is 116 Å². The zero-order valence-electron chi connectivity index (χ0n) is 29.9. The Kier molecular flexibility index (Phi) is 9.46. The quantitative estimate of drug-likeness (QED) is 0.126. The van der Waals surface area contributed by atoms with Crippen LogP contribution in [0, 0.1) is 11.8 Å². The number of ketones is 1. The molecule has 8 rings (SSSR count). The Balaban J connectivity index is 1.30. The van der Waals surface area contributed by atoms with Crippen molar-refractivity contribution in [1.82, 2.24) is 10.3 Å². The Morgan fingerprint density at radius 3 is 2.58 bits per heavy atom. The van der Waals surface area contributed by atoms with E-state index in [4.69, 9.17) is 14.2 Å². The van der Waals surface area contributed by atoms with Crippen LogP contribution in [-0.4, -0.2) is 60.4 Å². The number of methoxy groups -OCH3 is 1. The van der Waals surface area contributed by atoms with Gasteiger partial charge in [-0.1, -0.05) is 85.5 Å². The number of aromatic hydroxyl groups is 2. The number of carbonyl (C=O) groups is 1. The van der Waals surface area contributed by atoms with Gasteiger partial charge in [-0.15, -0.1) is 0 Å². The van der Waals surface area contributed by atoms with Gasteiger partial charge in [0.1, 0.15) is 29.0 Å². The summed E-state index contributed by atoms with van der Waals surface area (Å²) < 4.78 is 19.3. The Hall–Kier alpha value is -5.85. The highest BCUT2D eigenvalue weighted by Crippen LogP contribution is 2.55. The van der Waals surface area contributed by atoms with Crippen LogP contribution in [0.4, 0.5) is 5.82 Å². The lowest BCUT2D eigenvalue weighted by molar-refractivity contribution is 0.0839. The minimum absolute atomic E-state index is 0.00110. The number of anilines is 1. The monoisotopic (exact) mass is 709 g/mol. The molecule has 3 atom stereocenters. The first kappa shape index (κ1) is 34.2. The van der Waals surface area contributed by atoms with Crippen molar-refractivity contribution in [3.63, 3.8) is 0 Å². The minimum atomic E-state index is -0.657. The molecule has 0 saturated carbocycles. The van der Waals surface area contributed by atoms with Crippen LogP contribution >= 0.6 is 0 Å². The van der Waals surface area contributed by atoms with Gasteiger partial charge in [0.15, 0.2) is 17.3 Å². The molecule has 4 bridgehead atoms. The van der Waals surface area contributed by atoms with E-state index in [2.05, 4.69) is 64.3 Å². The molecule has 4 heterocycles. The van der Waals surface area contributed by atoms with E-state index in [9.17, 15) is 15.0 Å². The van der Waals surface area contributed by atoms with E-state index in [0.717, 1.165) is 53.1 Å². The molecular formula is C44H43N3O6. The van der Waals surface area contributed by atoms with E-state index in [1.165, 1.54) is 12.8 Å². The van der Waals surface area contributed by atoms with Crippen LogP contribution in [0.2, 0.25) is 0 Å². The summed E-state index contributed by atoms with van der Waals surface area (Å²) in [5, 5.41) is 25.3. The molecular weight excluding hydrogens is 666 g/mol. The van der Waals surface area contributed by atoms with Crippen molar-refractivity contribution in [2.24, 2.45) is 0 Å². The molecule has 0 aliphatic carbocycles. The summed E-state index contributed by atoms with van der Waals surface area (Å²) >= 11 is 0. The van der Waals surface area contributed by atoms with Gasteiger partial charge in [0.2, 0.25) is 5.75 Å². The number of aryl methyl sites for hydroxylation is 1. The highest BCUT2D eigenvalue weighted by atomic mass is 16.5. The largest absolute Gasteiger partial charge is 0.508 e. The van der Waals surface area contributed by atoms with Gasteiger partial charge in [-0.05, 0) is 53.3 Å². The van der Waals surface area contributed by atoms with Crippen LogP contribution < -0.4 is 24.4 Å². The van der Waals surface area contributed by atoms with Gasteiger partial charge in [-0.25, -0.2) is 0 Å². The summed E-state index contributed by atoms with van der Waals surface area (Å²) in [7, 11) is 1.47. The number of ether oxygens (including phenoxy) is 3. The Labute approximate surface area is 309 Å². The van der Waals surface area contributed by atoms with E-state index >= 15 is 0 Å². The van der Waals surface area contributed by atoms with E-state index in [0.29, 0.717) is 30.7 Å². The molecule has 270 valence electrons. The number of benzene rings is 4. The summed E-state index contributed by atoms with van der Waals surface area (Å²) in [6, 6.07) is 27.4. The second-order valence-corrected chi connectivity index (χ2v) is 13.8. The third kappa shape index (κ3) is 6.78. The first-order chi connectivity index (χ1) is 25.9. The number of nitrogens with zero attached hydrogens (tertiary/aromatic N) is 1. The van der Waals surface area contributed by atoms with E-state index in [-0.39, 0.29) is 53.4 Å². The first-order valence-electron chi connectivity index (χ1n) is 18.3. The second kappa shape index (κ2) is 14.6. The molecule has 3 aliphatic rings. The van der Waals surface area contributed by atoms with Gasteiger partial charge in [0.05, 0.1) is 37.7 Å². The number of hydrogen-bond acceptors (Lipinski definition) is 8. The molecule has 4 aromatic carbocycles. The summed E-state index contributed by atoms with van der Waals surface area (Å²) in [6.07, 6.45) is 1.33. The van der Waals surface area contributed by atoms with Crippen molar-refractivity contribution < 1.29 is 29.2 Å². The number of phenolic OH excluding ortho intramolecular Hbond substituents is 2. The van der Waals surface area contributed by atoms with Gasteiger partial charge in [-0.3, -0.25) is 4.79 Å². The lowest BCUT2D eigenvalue weighted by Crippen LogP contribution is -2.50. The molecule has 0 radical (unpaired) electrons. The van der Waals surface area contributed by atoms with Crippen LogP contribution in [-0.2, 0) is 19.3 Å². The number of piperazine rings is 1. The zero-order chi connectivity index (χ0) is 36.5. The van der Waals surface area contributed by atoms with Crippen molar-refractivity contribution in [3.05, 3.63) is 118 Å². The van der Waals surface area contributed by atoms with Gasteiger partial charge in [-0.2, -0.15) is 0 Å². The Morgan fingerprint density at radius 1 is 0.962 bits per heavy atom. The number of hydrogen-bond donors (Lipinski definition) is 4. The number of aromatic amines is 1. The maximum Gasteiger partial charge on any atom is 0.204 e. The lowest BCUT2D eigenvalue weighted by atomic mass is 9.85. The van der Waals surface area contributed by atoms with Crippen molar-refractivity contribution in [3.8, 4) is 51.7 Å². The van der Waals surface area contributed by atoms with E-state index in [1.807, 2.05) is 30.3 Å². The van der Waals surface area contributed by atoms with E-state index < -0.39 is 12.0 Å². The fourth-order valence-corrected chi connectivity index (χ4v) is 7.70. The molecule has 1 fully saturated rings. The number of Topliss-reactive ketones (excluding diaryl/α,β-unsaturated/α-hetero) is 1. The molecule has 0 amide bonds. The van der Waals surface area contributed by atoms with Gasteiger partial charge >= 0.3 is 0 Å². The fourth-order valence-electron chi connectivity index (χ4n) is 7.70. The number of fused-ring (bicyclic) bond motifs is 8. The second-order valence-electron chi connectivity index (χ2n) is 13.8. The number of rotatable bonds is 8. The highest BCUT2D eigenvalue weighted by Gasteiger charge is 2.39. The average Bonchev–Trinajstić information content (AvgIpc) is 3.62. The third-order valence-corrected chi connectivity index (χ3v) is 10.4. The van der Waals surface area contributed by atoms with Crippen LogP contribution in [0.25, 0.3) is 11.1 Å². The van der Waals surface area contributed by atoms with Gasteiger partial charge in [0.25, 0.3) is 0 Å².